The molecule has 0 aromatic heterocycles. The zero-order chi connectivity index (χ0) is 15.6. The smallest absolute Gasteiger partial charge is 0.140 e. The molecule has 1 fully saturated rings. The van der Waals surface area contributed by atoms with Crippen LogP contribution in [-0.2, 0) is 0 Å². The third-order valence-electron chi connectivity index (χ3n) is 5.23. The van der Waals surface area contributed by atoms with Crippen LogP contribution in [0, 0.1) is 0 Å². The Kier molecular flexibility index (Phi) is 4.56. The summed E-state index contributed by atoms with van der Waals surface area (Å²) in [5, 5.41) is 0.807. The zero-order valence-corrected chi connectivity index (χ0v) is 14.3. The van der Waals surface area contributed by atoms with E-state index in [1.165, 1.54) is 36.8 Å². The second-order valence-corrected chi connectivity index (χ2v) is 7.37. The van der Waals surface area contributed by atoms with Gasteiger partial charge in [0, 0.05) is 16.1 Å². The van der Waals surface area contributed by atoms with Gasteiger partial charge in [-0.25, -0.2) is 0 Å². The van der Waals surface area contributed by atoms with Gasteiger partial charge in [-0.3, -0.25) is 0 Å². The molecule has 0 unspecified atom stereocenters. The summed E-state index contributed by atoms with van der Waals surface area (Å²) in [6.45, 7) is 0. The minimum atomic E-state index is 0.363. The van der Waals surface area contributed by atoms with Crippen LogP contribution in [0.5, 0.6) is 0 Å². The van der Waals surface area contributed by atoms with Crippen molar-refractivity contribution >= 4 is 11.6 Å². The average molecular weight is 315 g/mol. The van der Waals surface area contributed by atoms with E-state index in [-0.39, 0.29) is 0 Å². The third-order valence-corrected chi connectivity index (χ3v) is 5.48. The van der Waals surface area contributed by atoms with Gasteiger partial charge in [-0.2, -0.15) is 0 Å². The highest BCUT2D eigenvalue weighted by atomic mass is 35.5. The van der Waals surface area contributed by atoms with Crippen molar-refractivity contribution in [2.24, 2.45) is 0 Å². The maximum Gasteiger partial charge on any atom is 0.140 e. The van der Waals surface area contributed by atoms with Gasteiger partial charge in [0.05, 0.1) is 20.1 Å². The fourth-order valence-corrected chi connectivity index (χ4v) is 4.15. The normalized spacial score (nSPS) is 17.6. The van der Waals surface area contributed by atoms with Gasteiger partial charge in [-0.15, -0.1) is 0 Å². The van der Waals surface area contributed by atoms with Crippen LogP contribution in [0.3, 0.4) is 0 Å². The molecule has 3 rings (SSSR count). The topological polar surface area (TPSA) is 0 Å². The molecule has 0 amide bonds. The van der Waals surface area contributed by atoms with Crippen LogP contribution in [0.25, 0.3) is 0 Å². The van der Waals surface area contributed by atoms with Crippen LogP contribution in [0.2, 0.25) is 5.02 Å². The van der Waals surface area contributed by atoms with Gasteiger partial charge in [-0.1, -0.05) is 54.1 Å². The molecular formula is C20H25ClN+. The van der Waals surface area contributed by atoms with Crippen molar-refractivity contribution in [2.75, 3.05) is 14.1 Å². The SMILES string of the molecule is C[N+](C)(C1CCCC1)[C@H](c1ccccc1)c1ccc(Cl)cc1. The number of rotatable bonds is 4. The summed E-state index contributed by atoms with van der Waals surface area (Å²) in [6.07, 6.45) is 5.41. The Morgan fingerprint density at radius 2 is 1.41 bits per heavy atom. The molecule has 116 valence electrons. The molecule has 0 N–H and O–H groups in total. The first-order valence-electron chi connectivity index (χ1n) is 8.23. The van der Waals surface area contributed by atoms with Gasteiger partial charge in [0.15, 0.2) is 0 Å². The predicted molar refractivity (Wildman–Crippen MR) is 94.1 cm³/mol. The number of hydrogen-bond donors (Lipinski definition) is 0. The Labute approximate surface area is 139 Å². The molecule has 0 spiro atoms. The summed E-state index contributed by atoms with van der Waals surface area (Å²) in [6, 6.07) is 20.4. The van der Waals surface area contributed by atoms with Crippen molar-refractivity contribution in [3.8, 4) is 0 Å². The number of hydrogen-bond acceptors (Lipinski definition) is 0. The van der Waals surface area contributed by atoms with Gasteiger partial charge in [-0.05, 0) is 37.8 Å². The van der Waals surface area contributed by atoms with E-state index >= 15 is 0 Å². The van der Waals surface area contributed by atoms with Gasteiger partial charge in [0.25, 0.3) is 0 Å². The minimum absolute atomic E-state index is 0.363. The average Bonchev–Trinajstić information content (AvgIpc) is 3.06. The Hall–Kier alpha value is -1.31. The van der Waals surface area contributed by atoms with E-state index in [4.69, 9.17) is 11.6 Å². The lowest BCUT2D eigenvalue weighted by Crippen LogP contribution is -2.50. The summed E-state index contributed by atoms with van der Waals surface area (Å²) in [4.78, 5) is 0. The fraction of sp³-hybridized carbons (Fsp3) is 0.400. The van der Waals surface area contributed by atoms with Crippen LogP contribution in [0.1, 0.15) is 42.9 Å². The van der Waals surface area contributed by atoms with Gasteiger partial charge in [0.2, 0.25) is 0 Å². The summed E-state index contributed by atoms with van der Waals surface area (Å²) < 4.78 is 1.02. The molecule has 0 radical (unpaired) electrons. The van der Waals surface area contributed by atoms with E-state index < -0.39 is 0 Å². The molecule has 22 heavy (non-hydrogen) atoms. The molecule has 0 bridgehead atoms. The molecule has 1 saturated carbocycles. The molecule has 1 aliphatic rings. The second kappa shape index (κ2) is 6.44. The predicted octanol–water partition coefficient (Wildman–Crippen LogP) is 5.45. The van der Waals surface area contributed by atoms with Crippen molar-refractivity contribution in [2.45, 2.75) is 37.8 Å². The van der Waals surface area contributed by atoms with E-state index in [1.54, 1.807) is 0 Å². The maximum absolute atomic E-state index is 6.10. The van der Waals surface area contributed by atoms with Crippen LogP contribution in [-0.4, -0.2) is 24.6 Å². The molecule has 2 aromatic carbocycles. The van der Waals surface area contributed by atoms with E-state index in [9.17, 15) is 0 Å². The lowest BCUT2D eigenvalue weighted by atomic mass is 9.93. The van der Waals surface area contributed by atoms with Crippen molar-refractivity contribution in [1.29, 1.82) is 0 Å². The quantitative estimate of drug-likeness (QED) is 0.658. The van der Waals surface area contributed by atoms with Crippen molar-refractivity contribution < 1.29 is 4.48 Å². The summed E-state index contributed by atoms with van der Waals surface area (Å²) in [5.41, 5.74) is 2.74. The Balaban J connectivity index is 2.04. The number of quaternary nitrogens is 1. The first-order chi connectivity index (χ1) is 10.6. The lowest BCUT2D eigenvalue weighted by Gasteiger charge is -2.43. The van der Waals surface area contributed by atoms with Crippen molar-refractivity contribution in [3.05, 3.63) is 70.7 Å². The molecule has 1 atom stereocenters. The van der Waals surface area contributed by atoms with Crippen LogP contribution in [0.4, 0.5) is 0 Å². The highest BCUT2D eigenvalue weighted by Gasteiger charge is 2.39. The highest BCUT2D eigenvalue weighted by Crippen LogP contribution is 2.39. The summed E-state index contributed by atoms with van der Waals surface area (Å²) in [5.74, 6) is 0. The summed E-state index contributed by atoms with van der Waals surface area (Å²) >= 11 is 6.10. The molecule has 1 aliphatic carbocycles. The monoisotopic (exact) mass is 314 g/mol. The van der Waals surface area contributed by atoms with E-state index in [0.29, 0.717) is 6.04 Å². The van der Waals surface area contributed by atoms with E-state index in [2.05, 4.69) is 56.6 Å². The molecular weight excluding hydrogens is 290 g/mol. The molecule has 0 aliphatic heterocycles. The van der Waals surface area contributed by atoms with E-state index in [1.807, 2.05) is 12.1 Å². The number of benzene rings is 2. The fourth-order valence-electron chi connectivity index (χ4n) is 4.02. The molecule has 0 heterocycles. The van der Waals surface area contributed by atoms with Crippen LogP contribution >= 0.6 is 11.6 Å². The number of halogens is 1. The molecule has 0 saturated heterocycles. The Bertz CT molecular complexity index is 597. The number of nitrogens with zero attached hydrogens (tertiary/aromatic N) is 1. The first-order valence-corrected chi connectivity index (χ1v) is 8.60. The second-order valence-electron chi connectivity index (χ2n) is 6.93. The lowest BCUT2D eigenvalue weighted by molar-refractivity contribution is -0.938. The molecule has 2 heteroatoms. The highest BCUT2D eigenvalue weighted by molar-refractivity contribution is 6.30. The largest absolute Gasteiger partial charge is 0.316 e. The zero-order valence-electron chi connectivity index (χ0n) is 13.5. The Morgan fingerprint density at radius 3 is 2.00 bits per heavy atom. The first kappa shape index (κ1) is 15.6. The van der Waals surface area contributed by atoms with Crippen molar-refractivity contribution in [3.63, 3.8) is 0 Å². The minimum Gasteiger partial charge on any atom is -0.316 e. The van der Waals surface area contributed by atoms with Crippen LogP contribution in [0.15, 0.2) is 54.6 Å². The summed E-state index contributed by atoms with van der Waals surface area (Å²) in [7, 11) is 4.78. The van der Waals surface area contributed by atoms with Gasteiger partial charge < -0.3 is 4.48 Å². The molecule has 2 aromatic rings. The van der Waals surface area contributed by atoms with E-state index in [0.717, 1.165) is 15.5 Å². The van der Waals surface area contributed by atoms with Crippen LogP contribution < -0.4 is 0 Å². The van der Waals surface area contributed by atoms with Gasteiger partial charge in [0.1, 0.15) is 6.04 Å². The maximum atomic E-state index is 6.10. The standard InChI is InChI=1S/C20H25ClN/c1-22(2,19-10-6-7-11-19)20(16-8-4-3-5-9-16)17-12-14-18(21)15-13-17/h3-5,8-9,12-15,19-20H,6-7,10-11H2,1-2H3/q+1/t20-/m1/s1. The van der Waals surface area contributed by atoms with Crippen molar-refractivity contribution in [1.82, 2.24) is 0 Å². The third kappa shape index (κ3) is 3.06. The Morgan fingerprint density at radius 1 is 0.864 bits per heavy atom. The van der Waals surface area contributed by atoms with Gasteiger partial charge >= 0.3 is 0 Å². The molecule has 1 nitrogen and oxygen atoms in total.